The number of hydrogen-bond donors (Lipinski definition) is 1. The minimum atomic E-state index is -0.337. The summed E-state index contributed by atoms with van der Waals surface area (Å²) in [4.78, 5) is 20.3. The smallest absolute Gasteiger partial charge is 0.322 e. The van der Waals surface area contributed by atoms with Crippen LogP contribution in [0, 0.1) is 5.92 Å². The van der Waals surface area contributed by atoms with Crippen LogP contribution in [0.15, 0.2) is 58.1 Å². The van der Waals surface area contributed by atoms with Gasteiger partial charge in [-0.25, -0.2) is 4.79 Å². The van der Waals surface area contributed by atoms with Crippen molar-refractivity contribution >= 4 is 22.9 Å². The fourth-order valence-corrected chi connectivity index (χ4v) is 4.10. The van der Waals surface area contributed by atoms with Crippen LogP contribution in [0.25, 0.3) is 16.3 Å². The van der Waals surface area contributed by atoms with Crippen molar-refractivity contribution in [2.45, 2.75) is 33.2 Å². The first-order valence-corrected chi connectivity index (χ1v) is 10.6. The number of carbonyl (C=O) groups is 1. The summed E-state index contributed by atoms with van der Waals surface area (Å²) < 4.78 is 5.67. The first-order chi connectivity index (χ1) is 14.0. The maximum absolute atomic E-state index is 12.9. The molecule has 0 saturated carbocycles. The van der Waals surface area contributed by atoms with Crippen LogP contribution in [0.2, 0.25) is 0 Å². The van der Waals surface area contributed by atoms with E-state index in [2.05, 4.69) is 29.3 Å². The van der Waals surface area contributed by atoms with Crippen LogP contribution >= 0.6 is 11.3 Å². The lowest BCUT2D eigenvalue weighted by Crippen LogP contribution is -2.46. The summed E-state index contributed by atoms with van der Waals surface area (Å²) in [6.07, 6.45) is 0.915. The predicted octanol–water partition coefficient (Wildman–Crippen LogP) is 5.34. The number of aromatic nitrogens is 2. The largest absolute Gasteiger partial charge is 0.334 e. The highest BCUT2D eigenvalue weighted by Gasteiger charge is 2.35. The lowest BCUT2D eigenvalue weighted by molar-refractivity contribution is 0.202. The molecule has 150 valence electrons. The maximum atomic E-state index is 12.9. The van der Waals surface area contributed by atoms with E-state index in [0.29, 0.717) is 24.2 Å². The van der Waals surface area contributed by atoms with Gasteiger partial charge < -0.3 is 9.84 Å². The molecular weight excluding hydrogens is 384 g/mol. The van der Waals surface area contributed by atoms with E-state index in [-0.39, 0.29) is 12.1 Å². The summed E-state index contributed by atoms with van der Waals surface area (Å²) in [5.74, 6) is 1.50. The van der Waals surface area contributed by atoms with Crippen LogP contribution in [0.1, 0.15) is 44.7 Å². The van der Waals surface area contributed by atoms with Crippen molar-refractivity contribution in [3.05, 3.63) is 65.0 Å². The lowest BCUT2D eigenvalue weighted by Gasteiger charge is -2.35. The highest BCUT2D eigenvalue weighted by molar-refractivity contribution is 7.13. The van der Waals surface area contributed by atoms with Gasteiger partial charge >= 0.3 is 6.03 Å². The average molecular weight is 409 g/mol. The van der Waals surface area contributed by atoms with E-state index in [0.717, 1.165) is 28.1 Å². The van der Waals surface area contributed by atoms with Crippen LogP contribution in [-0.4, -0.2) is 27.6 Å². The Morgan fingerprint density at radius 1 is 1.21 bits per heavy atom. The molecule has 0 saturated heterocycles. The summed E-state index contributed by atoms with van der Waals surface area (Å²) in [6.45, 7) is 6.91. The fraction of sp³-hybridized carbons (Fsp3) is 0.318. The van der Waals surface area contributed by atoms with Gasteiger partial charge in [0.15, 0.2) is 0 Å². The number of hydrogen-bond acceptors (Lipinski definition) is 5. The zero-order valence-corrected chi connectivity index (χ0v) is 17.6. The molecule has 1 atom stereocenters. The zero-order valence-electron chi connectivity index (χ0n) is 16.8. The topological polar surface area (TPSA) is 71.3 Å². The van der Waals surface area contributed by atoms with E-state index in [9.17, 15) is 4.79 Å². The SMILES string of the molecule is CC1=C(c2nc(-c3cccs3)no2)C(c2ccccc2)NC(=O)N1CCC(C)C. The van der Waals surface area contributed by atoms with Crippen LogP contribution in [0.4, 0.5) is 4.79 Å². The van der Waals surface area contributed by atoms with E-state index >= 15 is 0 Å². The van der Waals surface area contributed by atoms with Crippen molar-refractivity contribution in [1.82, 2.24) is 20.4 Å². The van der Waals surface area contributed by atoms with Crippen molar-refractivity contribution < 1.29 is 9.32 Å². The molecule has 1 aliphatic heterocycles. The van der Waals surface area contributed by atoms with Gasteiger partial charge in [0.05, 0.1) is 16.5 Å². The second-order valence-corrected chi connectivity index (χ2v) is 8.47. The molecular formula is C22H24N4O2S. The van der Waals surface area contributed by atoms with E-state index in [1.54, 1.807) is 16.2 Å². The molecule has 0 aliphatic carbocycles. The molecule has 1 aromatic carbocycles. The van der Waals surface area contributed by atoms with Crippen LogP contribution in [0.3, 0.4) is 0 Å². The number of nitrogens with zero attached hydrogens (tertiary/aromatic N) is 3. The van der Waals surface area contributed by atoms with E-state index < -0.39 is 0 Å². The molecule has 1 N–H and O–H groups in total. The summed E-state index contributed by atoms with van der Waals surface area (Å²) in [5.41, 5.74) is 2.68. The van der Waals surface area contributed by atoms with Gasteiger partial charge in [-0.15, -0.1) is 11.3 Å². The third-order valence-electron chi connectivity index (χ3n) is 5.06. The summed E-state index contributed by atoms with van der Waals surface area (Å²) >= 11 is 1.57. The molecule has 0 bridgehead atoms. The molecule has 2 amide bonds. The fourth-order valence-electron chi connectivity index (χ4n) is 3.45. The van der Waals surface area contributed by atoms with Gasteiger partial charge in [-0.3, -0.25) is 4.90 Å². The molecule has 3 aromatic rings. The Hall–Kier alpha value is -2.93. The molecule has 6 nitrogen and oxygen atoms in total. The van der Waals surface area contributed by atoms with Gasteiger partial charge in [-0.1, -0.05) is 55.4 Å². The number of nitrogens with one attached hydrogen (secondary N) is 1. The van der Waals surface area contributed by atoms with Crippen molar-refractivity contribution in [1.29, 1.82) is 0 Å². The summed E-state index contributed by atoms with van der Waals surface area (Å²) in [6, 6.07) is 13.4. The average Bonchev–Trinajstić information content (AvgIpc) is 3.39. The third-order valence-corrected chi connectivity index (χ3v) is 5.92. The van der Waals surface area contributed by atoms with Gasteiger partial charge in [0.2, 0.25) is 5.82 Å². The number of allylic oxidation sites excluding steroid dienone is 1. The molecule has 1 aliphatic rings. The molecule has 7 heteroatoms. The van der Waals surface area contributed by atoms with Crippen LogP contribution < -0.4 is 5.32 Å². The second-order valence-electron chi connectivity index (χ2n) is 7.53. The third kappa shape index (κ3) is 3.96. The lowest BCUT2D eigenvalue weighted by atomic mass is 9.94. The molecule has 2 aromatic heterocycles. The second kappa shape index (κ2) is 8.21. The van der Waals surface area contributed by atoms with Crippen molar-refractivity contribution in [3.8, 4) is 10.7 Å². The number of amides is 2. The Morgan fingerprint density at radius 2 is 2.00 bits per heavy atom. The minimum absolute atomic E-state index is 0.0984. The van der Waals surface area contributed by atoms with E-state index in [4.69, 9.17) is 4.52 Å². The molecule has 29 heavy (non-hydrogen) atoms. The molecule has 4 rings (SSSR count). The summed E-state index contributed by atoms with van der Waals surface area (Å²) in [5, 5.41) is 9.29. The monoisotopic (exact) mass is 408 g/mol. The Labute approximate surface area is 174 Å². The molecule has 0 spiro atoms. The van der Waals surface area contributed by atoms with Gasteiger partial charge in [-0.2, -0.15) is 4.98 Å². The Morgan fingerprint density at radius 3 is 2.69 bits per heavy atom. The Kier molecular flexibility index (Phi) is 5.49. The maximum Gasteiger partial charge on any atom is 0.322 e. The predicted molar refractivity (Wildman–Crippen MR) is 114 cm³/mol. The van der Waals surface area contributed by atoms with Gasteiger partial charge in [0.25, 0.3) is 5.89 Å². The molecule has 0 fully saturated rings. The minimum Gasteiger partial charge on any atom is -0.334 e. The molecule has 0 radical (unpaired) electrons. The van der Waals surface area contributed by atoms with Gasteiger partial charge in [-0.05, 0) is 36.3 Å². The summed E-state index contributed by atoms with van der Waals surface area (Å²) in [7, 11) is 0. The number of rotatable bonds is 6. The number of carbonyl (C=O) groups excluding carboxylic acids is 1. The number of thiophene rings is 1. The zero-order chi connectivity index (χ0) is 20.4. The van der Waals surface area contributed by atoms with Crippen molar-refractivity contribution in [2.24, 2.45) is 5.92 Å². The highest BCUT2D eigenvalue weighted by Crippen LogP contribution is 2.37. The number of benzene rings is 1. The van der Waals surface area contributed by atoms with Crippen LogP contribution in [0.5, 0.6) is 0 Å². The Bertz CT molecular complexity index is 1010. The molecule has 3 heterocycles. The van der Waals surface area contributed by atoms with E-state index in [1.807, 2.05) is 54.8 Å². The highest BCUT2D eigenvalue weighted by atomic mass is 32.1. The van der Waals surface area contributed by atoms with Crippen molar-refractivity contribution in [3.63, 3.8) is 0 Å². The van der Waals surface area contributed by atoms with E-state index in [1.165, 1.54) is 0 Å². The normalized spacial score (nSPS) is 17.2. The first kappa shape index (κ1) is 19.4. The van der Waals surface area contributed by atoms with Gasteiger partial charge in [0, 0.05) is 12.2 Å². The number of urea groups is 1. The van der Waals surface area contributed by atoms with Crippen molar-refractivity contribution in [2.75, 3.05) is 6.54 Å². The molecule has 1 unspecified atom stereocenters. The van der Waals surface area contributed by atoms with Crippen LogP contribution in [-0.2, 0) is 0 Å². The first-order valence-electron chi connectivity index (χ1n) is 9.76. The Balaban J connectivity index is 1.78. The quantitative estimate of drug-likeness (QED) is 0.597. The standard InChI is InChI=1S/C22H24N4O2S/c1-14(2)11-12-26-15(3)18(19(23-22(26)27)16-8-5-4-6-9-16)21-24-20(25-28-21)17-10-7-13-29-17/h4-10,13-14,19H,11-12H2,1-3H3,(H,23,27). The van der Waals surface area contributed by atoms with Gasteiger partial charge in [0.1, 0.15) is 0 Å².